The van der Waals surface area contributed by atoms with Gasteiger partial charge < -0.3 is 10.1 Å². The highest BCUT2D eigenvalue weighted by atomic mass is 19.3. The molecule has 0 atom stereocenters. The van der Waals surface area contributed by atoms with Gasteiger partial charge in [-0.15, -0.1) is 0 Å². The zero-order chi connectivity index (χ0) is 15.4. The molecule has 2 aromatic carbocycles. The molecule has 0 saturated carbocycles. The SMILES string of the molecule is Fc1ccc(NCc2ccccc2OC(F)F)c(F)c1F. The molecule has 0 aliphatic rings. The summed E-state index contributed by atoms with van der Waals surface area (Å²) >= 11 is 0. The van der Waals surface area contributed by atoms with Crippen LogP contribution in [-0.2, 0) is 6.54 Å². The van der Waals surface area contributed by atoms with Gasteiger partial charge in [-0.1, -0.05) is 18.2 Å². The number of halogens is 5. The van der Waals surface area contributed by atoms with Crippen molar-refractivity contribution < 1.29 is 26.7 Å². The highest BCUT2D eigenvalue weighted by molar-refractivity contribution is 5.47. The van der Waals surface area contributed by atoms with Gasteiger partial charge in [-0.2, -0.15) is 8.78 Å². The van der Waals surface area contributed by atoms with Gasteiger partial charge in [0.05, 0.1) is 5.69 Å². The summed E-state index contributed by atoms with van der Waals surface area (Å²) in [6.07, 6.45) is 0. The summed E-state index contributed by atoms with van der Waals surface area (Å²) in [6.45, 7) is -3.09. The Morgan fingerprint density at radius 3 is 2.38 bits per heavy atom. The Morgan fingerprint density at radius 2 is 1.67 bits per heavy atom. The van der Waals surface area contributed by atoms with E-state index >= 15 is 0 Å². The number of benzene rings is 2. The molecular formula is C14H10F5NO. The van der Waals surface area contributed by atoms with Gasteiger partial charge >= 0.3 is 6.61 Å². The number of hydrogen-bond donors (Lipinski definition) is 1. The maximum Gasteiger partial charge on any atom is 0.387 e. The summed E-state index contributed by atoms with van der Waals surface area (Å²) in [5, 5.41) is 2.50. The fraction of sp³-hybridized carbons (Fsp3) is 0.143. The van der Waals surface area contributed by atoms with E-state index in [1.54, 1.807) is 6.07 Å². The molecule has 0 aliphatic heterocycles. The number of hydrogen-bond acceptors (Lipinski definition) is 2. The minimum absolute atomic E-state index is 0.0806. The van der Waals surface area contributed by atoms with Gasteiger partial charge in [-0.3, -0.25) is 0 Å². The van der Waals surface area contributed by atoms with Crippen molar-refractivity contribution in [3.05, 3.63) is 59.4 Å². The van der Waals surface area contributed by atoms with E-state index in [2.05, 4.69) is 10.1 Å². The highest BCUT2D eigenvalue weighted by Gasteiger charge is 2.14. The average Bonchev–Trinajstić information content (AvgIpc) is 2.45. The Labute approximate surface area is 117 Å². The van der Waals surface area contributed by atoms with Gasteiger partial charge in [0.2, 0.25) is 0 Å². The molecule has 0 fully saturated rings. The molecule has 0 bridgehead atoms. The molecule has 0 saturated heterocycles. The van der Waals surface area contributed by atoms with Crippen LogP contribution >= 0.6 is 0 Å². The van der Waals surface area contributed by atoms with Crippen LogP contribution in [0.2, 0.25) is 0 Å². The number of nitrogens with one attached hydrogen (secondary N) is 1. The van der Waals surface area contributed by atoms with E-state index in [0.717, 1.165) is 12.1 Å². The Hall–Kier alpha value is -2.31. The second-order valence-corrected chi connectivity index (χ2v) is 4.06. The number of rotatable bonds is 5. The van der Waals surface area contributed by atoms with Crippen molar-refractivity contribution in [3.8, 4) is 5.75 Å². The first-order chi connectivity index (χ1) is 9.99. The van der Waals surface area contributed by atoms with E-state index in [1.165, 1.54) is 18.2 Å². The monoisotopic (exact) mass is 303 g/mol. The van der Waals surface area contributed by atoms with Gasteiger partial charge in [0.1, 0.15) is 5.75 Å². The second-order valence-electron chi connectivity index (χ2n) is 4.06. The van der Waals surface area contributed by atoms with Gasteiger partial charge in [-0.05, 0) is 18.2 Å². The second kappa shape index (κ2) is 6.43. The van der Waals surface area contributed by atoms with Crippen molar-refractivity contribution in [2.75, 3.05) is 5.32 Å². The van der Waals surface area contributed by atoms with Crippen molar-refractivity contribution in [1.82, 2.24) is 0 Å². The van der Waals surface area contributed by atoms with Crippen molar-refractivity contribution in [2.24, 2.45) is 0 Å². The Bertz CT molecular complexity index is 633. The molecule has 2 aromatic rings. The van der Waals surface area contributed by atoms with E-state index in [-0.39, 0.29) is 18.0 Å². The fourth-order valence-corrected chi connectivity index (χ4v) is 1.71. The lowest BCUT2D eigenvalue weighted by atomic mass is 10.2. The van der Waals surface area contributed by atoms with Crippen molar-refractivity contribution in [1.29, 1.82) is 0 Å². The molecule has 112 valence electrons. The Balaban J connectivity index is 2.15. The van der Waals surface area contributed by atoms with Crippen LogP contribution in [0.3, 0.4) is 0 Å². The molecule has 0 amide bonds. The molecule has 0 unspecified atom stereocenters. The minimum atomic E-state index is -2.99. The van der Waals surface area contributed by atoms with Crippen LogP contribution in [0.15, 0.2) is 36.4 Å². The summed E-state index contributed by atoms with van der Waals surface area (Å²) < 4.78 is 68.1. The van der Waals surface area contributed by atoms with Crippen LogP contribution < -0.4 is 10.1 Å². The summed E-state index contributed by atoms with van der Waals surface area (Å²) in [6, 6.07) is 7.68. The van der Waals surface area contributed by atoms with Crippen LogP contribution in [-0.4, -0.2) is 6.61 Å². The van der Waals surface area contributed by atoms with Gasteiger partial charge in [-0.25, -0.2) is 13.2 Å². The van der Waals surface area contributed by atoms with Crippen LogP contribution in [0.5, 0.6) is 5.75 Å². The quantitative estimate of drug-likeness (QED) is 0.656. The summed E-state index contributed by atoms with van der Waals surface area (Å²) in [5.41, 5.74) is 0.0442. The Kier molecular flexibility index (Phi) is 4.62. The maximum atomic E-state index is 13.4. The van der Waals surface area contributed by atoms with Crippen molar-refractivity contribution >= 4 is 5.69 Å². The third-order valence-electron chi connectivity index (χ3n) is 2.69. The van der Waals surface area contributed by atoms with Crippen molar-refractivity contribution in [3.63, 3.8) is 0 Å². The highest BCUT2D eigenvalue weighted by Crippen LogP contribution is 2.24. The predicted molar refractivity (Wildman–Crippen MR) is 66.7 cm³/mol. The standard InChI is InChI=1S/C14H10F5NO/c15-9-5-6-10(13(17)12(9)16)20-7-8-3-1-2-4-11(8)21-14(18)19/h1-6,14,20H,7H2. The molecule has 1 N–H and O–H groups in total. The zero-order valence-electron chi connectivity index (χ0n) is 10.5. The molecule has 0 spiro atoms. The van der Waals surface area contributed by atoms with E-state index in [9.17, 15) is 22.0 Å². The molecular weight excluding hydrogens is 293 g/mol. The van der Waals surface area contributed by atoms with E-state index in [1.807, 2.05) is 0 Å². The largest absolute Gasteiger partial charge is 0.434 e. The molecule has 0 heterocycles. The normalized spacial score (nSPS) is 10.8. The van der Waals surface area contributed by atoms with Crippen LogP contribution in [0, 0.1) is 17.5 Å². The van der Waals surface area contributed by atoms with Crippen molar-refractivity contribution in [2.45, 2.75) is 13.2 Å². The molecule has 0 radical (unpaired) electrons. The third-order valence-corrected chi connectivity index (χ3v) is 2.69. The molecule has 7 heteroatoms. The van der Waals surface area contributed by atoms with Gasteiger partial charge in [0.25, 0.3) is 0 Å². The third kappa shape index (κ3) is 3.62. The average molecular weight is 303 g/mol. The van der Waals surface area contributed by atoms with Crippen LogP contribution in [0.25, 0.3) is 0 Å². The molecule has 0 aliphatic carbocycles. The van der Waals surface area contributed by atoms with Gasteiger partial charge in [0.15, 0.2) is 17.5 Å². The first kappa shape index (κ1) is 15.1. The fourth-order valence-electron chi connectivity index (χ4n) is 1.71. The van der Waals surface area contributed by atoms with Gasteiger partial charge in [0, 0.05) is 12.1 Å². The number of para-hydroxylation sites is 1. The lowest BCUT2D eigenvalue weighted by molar-refractivity contribution is -0.0504. The summed E-state index contributed by atoms with van der Waals surface area (Å²) in [4.78, 5) is 0. The maximum absolute atomic E-state index is 13.4. The van der Waals surface area contributed by atoms with E-state index in [0.29, 0.717) is 5.56 Å². The molecule has 2 nitrogen and oxygen atoms in total. The predicted octanol–water partition coefficient (Wildman–Crippen LogP) is 4.32. The lowest BCUT2D eigenvalue weighted by Gasteiger charge is -2.12. The topological polar surface area (TPSA) is 21.3 Å². The number of ether oxygens (including phenoxy) is 1. The summed E-state index contributed by atoms with van der Waals surface area (Å²) in [5.74, 6) is -4.36. The molecule has 2 rings (SSSR count). The van der Waals surface area contributed by atoms with E-state index in [4.69, 9.17) is 0 Å². The molecule has 0 aromatic heterocycles. The van der Waals surface area contributed by atoms with Crippen LogP contribution in [0.4, 0.5) is 27.6 Å². The molecule has 21 heavy (non-hydrogen) atoms. The summed E-state index contributed by atoms with van der Waals surface area (Å²) in [7, 11) is 0. The number of anilines is 1. The number of alkyl halides is 2. The lowest BCUT2D eigenvalue weighted by Crippen LogP contribution is -2.08. The first-order valence-corrected chi connectivity index (χ1v) is 5.89. The van der Waals surface area contributed by atoms with Crippen LogP contribution in [0.1, 0.15) is 5.56 Å². The Morgan fingerprint density at radius 1 is 0.952 bits per heavy atom. The smallest absolute Gasteiger partial charge is 0.387 e. The first-order valence-electron chi connectivity index (χ1n) is 5.89. The zero-order valence-corrected chi connectivity index (χ0v) is 10.5. The van der Waals surface area contributed by atoms with E-state index < -0.39 is 24.1 Å². The minimum Gasteiger partial charge on any atom is -0.434 e.